The second-order valence-corrected chi connectivity index (χ2v) is 7.85. The first-order valence-corrected chi connectivity index (χ1v) is 8.84. The van der Waals surface area contributed by atoms with E-state index < -0.39 is 15.8 Å². The van der Waals surface area contributed by atoms with Crippen LogP contribution in [0.5, 0.6) is 0 Å². The molecule has 0 saturated heterocycles. The Morgan fingerprint density at radius 2 is 1.90 bits per heavy atom. The van der Waals surface area contributed by atoms with Crippen LogP contribution in [0, 0.1) is 0 Å². The molecular formula is C14H18O5S. The number of carboxylic acids is 1. The maximum absolute atomic E-state index is 11.7. The fourth-order valence-electron chi connectivity index (χ4n) is 3.37. The Balaban J connectivity index is 2.00. The molecule has 6 heteroatoms. The van der Waals surface area contributed by atoms with E-state index in [0.717, 1.165) is 31.4 Å². The second-order valence-electron chi connectivity index (χ2n) is 5.78. The highest BCUT2D eigenvalue weighted by Crippen LogP contribution is 2.41. The van der Waals surface area contributed by atoms with Gasteiger partial charge in [-0.15, -0.1) is 0 Å². The molecule has 2 aliphatic rings. The summed E-state index contributed by atoms with van der Waals surface area (Å²) in [5, 5.41) is 9.08. The molecule has 5 nitrogen and oxygen atoms in total. The van der Waals surface area contributed by atoms with Gasteiger partial charge >= 0.3 is 5.97 Å². The lowest BCUT2D eigenvalue weighted by Gasteiger charge is -2.21. The van der Waals surface area contributed by atoms with Gasteiger partial charge in [0.15, 0.2) is 9.84 Å². The van der Waals surface area contributed by atoms with E-state index in [9.17, 15) is 13.2 Å². The normalized spacial score (nSPS) is 21.8. The molecule has 0 bridgehead atoms. The molecule has 0 amide bonds. The standard InChI is InChI=1S/C14H18O5S/c15-13(16)6-10-11-7-20(17,18)8-12(11)19-14(10)9-4-2-1-3-5-9/h9H,1-8H2,(H,15,16). The van der Waals surface area contributed by atoms with E-state index in [1.54, 1.807) is 0 Å². The van der Waals surface area contributed by atoms with Gasteiger partial charge < -0.3 is 9.52 Å². The van der Waals surface area contributed by atoms with Gasteiger partial charge in [-0.05, 0) is 12.8 Å². The average Bonchev–Trinajstić information content (AvgIpc) is 2.84. The van der Waals surface area contributed by atoms with E-state index in [4.69, 9.17) is 9.52 Å². The molecule has 20 heavy (non-hydrogen) atoms. The molecule has 1 aromatic rings. The summed E-state index contributed by atoms with van der Waals surface area (Å²) in [5.41, 5.74) is 1.24. The third-order valence-electron chi connectivity index (χ3n) is 4.25. The van der Waals surface area contributed by atoms with Crippen LogP contribution in [0.15, 0.2) is 4.42 Å². The van der Waals surface area contributed by atoms with Crippen LogP contribution in [0.1, 0.15) is 60.7 Å². The van der Waals surface area contributed by atoms with E-state index in [0.29, 0.717) is 16.9 Å². The lowest BCUT2D eigenvalue weighted by Crippen LogP contribution is -2.10. The van der Waals surface area contributed by atoms with Crippen molar-refractivity contribution in [3.8, 4) is 0 Å². The van der Waals surface area contributed by atoms with Crippen molar-refractivity contribution in [3.05, 3.63) is 22.6 Å². The monoisotopic (exact) mass is 298 g/mol. The van der Waals surface area contributed by atoms with Crippen LogP contribution >= 0.6 is 0 Å². The number of aliphatic carboxylic acids is 1. The summed E-state index contributed by atoms with van der Waals surface area (Å²) in [5.74, 6) is 0.387. The first-order chi connectivity index (χ1) is 9.46. The number of rotatable bonds is 3. The molecule has 0 aromatic carbocycles. The van der Waals surface area contributed by atoms with Crippen LogP contribution in [0.4, 0.5) is 0 Å². The lowest BCUT2D eigenvalue weighted by molar-refractivity contribution is -0.136. The van der Waals surface area contributed by atoms with Gasteiger partial charge in [-0.1, -0.05) is 19.3 Å². The van der Waals surface area contributed by atoms with Gasteiger partial charge in [0.1, 0.15) is 17.3 Å². The van der Waals surface area contributed by atoms with Crippen LogP contribution in [0.2, 0.25) is 0 Å². The maximum atomic E-state index is 11.7. The Hall–Kier alpha value is -1.30. The summed E-state index contributed by atoms with van der Waals surface area (Å²) >= 11 is 0. The molecule has 0 atom stereocenters. The second kappa shape index (κ2) is 4.91. The van der Waals surface area contributed by atoms with E-state index in [1.165, 1.54) is 6.42 Å². The molecule has 0 radical (unpaired) electrons. The predicted octanol–water partition coefficient (Wildman–Crippen LogP) is 2.38. The zero-order chi connectivity index (χ0) is 14.3. The molecule has 1 fully saturated rings. The van der Waals surface area contributed by atoms with Crippen molar-refractivity contribution in [2.45, 2.75) is 55.9 Å². The molecular weight excluding hydrogens is 280 g/mol. The van der Waals surface area contributed by atoms with Crippen molar-refractivity contribution < 1.29 is 22.7 Å². The predicted molar refractivity (Wildman–Crippen MR) is 72.2 cm³/mol. The highest BCUT2D eigenvalue weighted by atomic mass is 32.2. The quantitative estimate of drug-likeness (QED) is 0.926. The van der Waals surface area contributed by atoms with Gasteiger partial charge in [0.2, 0.25) is 0 Å². The largest absolute Gasteiger partial charge is 0.481 e. The van der Waals surface area contributed by atoms with Crippen LogP contribution in [0.25, 0.3) is 0 Å². The SMILES string of the molecule is O=C(O)Cc1c(C2CCCCC2)oc2c1CS(=O)(=O)C2. The third-order valence-corrected chi connectivity index (χ3v) is 5.68. The van der Waals surface area contributed by atoms with E-state index >= 15 is 0 Å². The van der Waals surface area contributed by atoms with Crippen molar-refractivity contribution in [3.63, 3.8) is 0 Å². The molecule has 1 N–H and O–H groups in total. The molecule has 1 aliphatic heterocycles. The summed E-state index contributed by atoms with van der Waals surface area (Å²) < 4.78 is 29.1. The molecule has 1 aromatic heterocycles. The van der Waals surface area contributed by atoms with Gasteiger partial charge in [-0.3, -0.25) is 4.79 Å². The minimum absolute atomic E-state index is 0.0683. The number of sulfone groups is 1. The number of furan rings is 1. The maximum Gasteiger partial charge on any atom is 0.307 e. The minimum Gasteiger partial charge on any atom is -0.481 e. The average molecular weight is 298 g/mol. The van der Waals surface area contributed by atoms with Crippen molar-refractivity contribution in [1.82, 2.24) is 0 Å². The van der Waals surface area contributed by atoms with Gasteiger partial charge in [0.05, 0.1) is 12.2 Å². The Morgan fingerprint density at radius 1 is 1.20 bits per heavy atom. The van der Waals surface area contributed by atoms with Crippen LogP contribution in [-0.2, 0) is 32.6 Å². The molecule has 3 rings (SSSR count). The van der Waals surface area contributed by atoms with Gasteiger partial charge in [0, 0.05) is 17.0 Å². The van der Waals surface area contributed by atoms with Crippen molar-refractivity contribution in [2.75, 3.05) is 0 Å². The molecule has 0 unspecified atom stereocenters. The smallest absolute Gasteiger partial charge is 0.307 e. The van der Waals surface area contributed by atoms with E-state index in [1.807, 2.05) is 0 Å². The first kappa shape index (κ1) is 13.7. The molecule has 0 spiro atoms. The van der Waals surface area contributed by atoms with Crippen LogP contribution in [0.3, 0.4) is 0 Å². The molecule has 110 valence electrons. The van der Waals surface area contributed by atoms with E-state index in [-0.39, 0.29) is 23.8 Å². The summed E-state index contributed by atoms with van der Waals surface area (Å²) in [6, 6.07) is 0. The summed E-state index contributed by atoms with van der Waals surface area (Å²) in [6.45, 7) is 0. The minimum atomic E-state index is -3.15. The fraction of sp³-hybridized carbons (Fsp3) is 0.643. The number of hydrogen-bond donors (Lipinski definition) is 1. The van der Waals surface area contributed by atoms with E-state index in [2.05, 4.69) is 0 Å². The number of carbonyl (C=O) groups is 1. The van der Waals surface area contributed by atoms with Crippen LogP contribution < -0.4 is 0 Å². The molecule has 1 saturated carbocycles. The Morgan fingerprint density at radius 3 is 2.55 bits per heavy atom. The Kier molecular flexibility index (Phi) is 3.36. The van der Waals surface area contributed by atoms with Gasteiger partial charge in [-0.2, -0.15) is 0 Å². The zero-order valence-corrected chi connectivity index (χ0v) is 12.0. The Labute approximate surface area is 117 Å². The lowest BCUT2D eigenvalue weighted by atomic mass is 9.85. The highest BCUT2D eigenvalue weighted by Gasteiger charge is 2.36. The van der Waals surface area contributed by atoms with Crippen LogP contribution in [-0.4, -0.2) is 19.5 Å². The highest BCUT2D eigenvalue weighted by molar-refractivity contribution is 7.90. The van der Waals surface area contributed by atoms with Gasteiger partial charge in [-0.25, -0.2) is 8.42 Å². The first-order valence-electron chi connectivity index (χ1n) is 7.02. The number of hydrogen-bond acceptors (Lipinski definition) is 4. The van der Waals surface area contributed by atoms with Crippen molar-refractivity contribution in [2.24, 2.45) is 0 Å². The third kappa shape index (κ3) is 2.49. The summed E-state index contributed by atoms with van der Waals surface area (Å²) in [7, 11) is -3.15. The topological polar surface area (TPSA) is 84.6 Å². The van der Waals surface area contributed by atoms with Crippen molar-refractivity contribution in [1.29, 1.82) is 0 Å². The molecule has 1 aliphatic carbocycles. The number of fused-ring (bicyclic) bond motifs is 1. The Bertz CT molecular complexity index is 635. The summed E-state index contributed by atoms with van der Waals surface area (Å²) in [6.07, 6.45) is 5.33. The molecule has 2 heterocycles. The zero-order valence-electron chi connectivity index (χ0n) is 11.2. The van der Waals surface area contributed by atoms with Crippen molar-refractivity contribution >= 4 is 15.8 Å². The fourth-order valence-corrected chi connectivity index (χ4v) is 4.88. The van der Waals surface area contributed by atoms with Gasteiger partial charge in [0.25, 0.3) is 0 Å². The number of carboxylic acid groups (broad SMARTS) is 1. The summed E-state index contributed by atoms with van der Waals surface area (Å²) in [4.78, 5) is 11.1.